The zero-order chi connectivity index (χ0) is 40.4. The minimum absolute atomic E-state index is 0.0286. The molecule has 15 nitrogen and oxygen atoms in total. The van der Waals surface area contributed by atoms with Crippen molar-refractivity contribution in [3.8, 4) is 0 Å². The zero-order valence-electron chi connectivity index (χ0n) is 34.1. The van der Waals surface area contributed by atoms with E-state index in [2.05, 4.69) is 26.1 Å². The van der Waals surface area contributed by atoms with E-state index in [0.717, 1.165) is 35.7 Å². The minimum atomic E-state index is -0.825. The molecule has 5 aliphatic heterocycles. The predicted molar refractivity (Wildman–Crippen MR) is 211 cm³/mol. The van der Waals surface area contributed by atoms with Gasteiger partial charge in [-0.3, -0.25) is 4.79 Å². The van der Waals surface area contributed by atoms with Crippen molar-refractivity contribution in [3.05, 3.63) is 11.1 Å². The molecule has 17 heteroatoms. The van der Waals surface area contributed by atoms with E-state index >= 15 is 0 Å². The number of nitrogens with one attached hydrogen (secondary N) is 1. The van der Waals surface area contributed by atoms with Crippen LogP contribution in [-0.4, -0.2) is 156 Å². The summed E-state index contributed by atoms with van der Waals surface area (Å²) in [6.45, 7) is 11.3. The van der Waals surface area contributed by atoms with E-state index in [1.807, 2.05) is 21.6 Å². The lowest BCUT2D eigenvalue weighted by molar-refractivity contribution is -0.136. The number of ether oxygens (including phenoxy) is 11. The number of rotatable bonds is 25. The number of hydrogen-bond donors (Lipinski definition) is 1. The maximum absolute atomic E-state index is 13.2. The monoisotopic (exact) mass is 855 g/mol. The Morgan fingerprint density at radius 2 is 1.57 bits per heavy atom. The molecule has 58 heavy (non-hydrogen) atoms. The average molecular weight is 856 g/mol. The largest absolute Gasteiger partial charge is 0.508 e. The predicted octanol–water partition coefficient (Wildman–Crippen LogP) is 4.18. The van der Waals surface area contributed by atoms with E-state index in [0.29, 0.717) is 91.9 Å². The Hall–Kier alpha value is -1.67. The third-order valence-corrected chi connectivity index (χ3v) is 16.7. The van der Waals surface area contributed by atoms with Gasteiger partial charge in [-0.15, -0.1) is 0 Å². The Bertz CT molecular complexity index is 1530. The summed E-state index contributed by atoms with van der Waals surface area (Å²) >= 11 is 0. The van der Waals surface area contributed by atoms with Crippen molar-refractivity contribution in [2.45, 2.75) is 119 Å². The lowest BCUT2D eigenvalue weighted by atomic mass is 9.46. The number of cyclic esters (lactones) is 1. The van der Waals surface area contributed by atoms with Crippen molar-refractivity contribution in [3.63, 3.8) is 0 Å². The van der Waals surface area contributed by atoms with E-state index in [1.165, 1.54) is 18.6 Å². The highest BCUT2D eigenvalue weighted by molar-refractivity contribution is 8.77. The first-order valence-electron chi connectivity index (χ1n) is 21.4. The van der Waals surface area contributed by atoms with Gasteiger partial charge >= 0.3 is 12.1 Å². The normalized spacial score (nSPS) is 37.2. The second kappa shape index (κ2) is 18.4. The molecule has 6 fully saturated rings. The molecule has 8 aliphatic rings. The fourth-order valence-corrected chi connectivity index (χ4v) is 13.7. The van der Waals surface area contributed by atoms with Gasteiger partial charge in [0.25, 0.3) is 0 Å². The maximum Gasteiger partial charge on any atom is 0.508 e. The van der Waals surface area contributed by atoms with Crippen molar-refractivity contribution >= 4 is 39.6 Å². The molecular formula is C41H61NO14S2. The fraction of sp³-hybridized carbons (Fsp3) is 0.878. The molecule has 0 radical (unpaired) electrons. The van der Waals surface area contributed by atoms with Gasteiger partial charge in [-0.2, -0.15) is 0 Å². The van der Waals surface area contributed by atoms with Crippen molar-refractivity contribution in [1.82, 2.24) is 5.32 Å². The van der Waals surface area contributed by atoms with Crippen LogP contribution in [0.1, 0.15) is 72.1 Å². The number of esters is 1. The number of unbranched alkanes of at least 4 members (excludes halogenated alkanes) is 1. The summed E-state index contributed by atoms with van der Waals surface area (Å²) in [7, 11) is 3.96. The maximum atomic E-state index is 13.2. The van der Waals surface area contributed by atoms with Crippen molar-refractivity contribution < 1.29 is 66.5 Å². The Kier molecular flexibility index (Phi) is 13.6. The van der Waals surface area contributed by atoms with Crippen LogP contribution in [0.25, 0.3) is 0 Å². The molecule has 0 aromatic carbocycles. The fourth-order valence-electron chi connectivity index (χ4n) is 10.7. The molecule has 2 saturated carbocycles. The van der Waals surface area contributed by atoms with Crippen molar-refractivity contribution in [2.24, 2.45) is 17.3 Å². The molecule has 326 valence electrons. The highest BCUT2D eigenvalue weighted by Crippen LogP contribution is 2.83. The van der Waals surface area contributed by atoms with Gasteiger partial charge in [0.15, 0.2) is 11.7 Å². The van der Waals surface area contributed by atoms with Gasteiger partial charge in [0.05, 0.1) is 72.2 Å². The Balaban J connectivity index is 0.638. The second-order valence-electron chi connectivity index (χ2n) is 17.1. The van der Waals surface area contributed by atoms with Crippen LogP contribution in [0.5, 0.6) is 0 Å². The Morgan fingerprint density at radius 3 is 2.24 bits per heavy atom. The zero-order valence-corrected chi connectivity index (χ0v) is 35.8. The van der Waals surface area contributed by atoms with Crippen LogP contribution in [0, 0.1) is 17.3 Å². The van der Waals surface area contributed by atoms with Gasteiger partial charge in [0.1, 0.15) is 36.6 Å². The van der Waals surface area contributed by atoms with E-state index < -0.39 is 29.1 Å². The number of fused-ring (bicyclic) bond motifs is 4. The first-order chi connectivity index (χ1) is 28.2. The topological polar surface area (TPSA) is 175 Å². The SMILES string of the molecule is CC(C)[C@]12O[C@H]1C1O[C@]13[C@]1(O[C@H]1C[C@H]1C4=C(CC[C@@]13C)C(=O)OC4)[C@@H]2OC(=O)OCCOCCOCCOCCOCCOCCNC(=O)CCCCC1CCSS1. The standard InChI is InChI=1S/C41H61NO14S2/c1-26(2)39-33(55-39)34-41(56-34)38(3)10-8-28-29(25-52-35(28)44)30(38)24-31-40(41,54-31)36(39)53-37(45)51-22-21-50-20-19-49-18-17-48-16-15-47-14-13-46-12-11-42-32(43)7-5-4-6-27-9-23-57-58-27/h26-27,30-31,33-34,36H,4-25H2,1-3H3,(H,42,43)/t27?,30-,31-,33-,34?,36+,38-,39-,40+,41+/m0/s1. The molecule has 4 saturated heterocycles. The van der Waals surface area contributed by atoms with Crippen LogP contribution >= 0.6 is 21.6 Å². The van der Waals surface area contributed by atoms with Gasteiger partial charge in [-0.05, 0) is 55.9 Å². The number of epoxide rings is 3. The van der Waals surface area contributed by atoms with E-state index in [-0.39, 0.29) is 60.7 Å². The third kappa shape index (κ3) is 8.08. The van der Waals surface area contributed by atoms with Gasteiger partial charge in [0.2, 0.25) is 5.91 Å². The second-order valence-corrected chi connectivity index (χ2v) is 19.9. The van der Waals surface area contributed by atoms with Crippen LogP contribution in [0.3, 0.4) is 0 Å². The molecule has 1 amide bonds. The molecule has 0 bridgehead atoms. The van der Waals surface area contributed by atoms with Crippen LogP contribution < -0.4 is 5.32 Å². The van der Waals surface area contributed by atoms with Gasteiger partial charge in [-0.1, -0.05) is 48.8 Å². The van der Waals surface area contributed by atoms with E-state index in [4.69, 9.17) is 52.1 Å². The molecule has 2 unspecified atom stereocenters. The minimum Gasteiger partial charge on any atom is -0.458 e. The Labute approximate surface area is 349 Å². The van der Waals surface area contributed by atoms with Crippen LogP contribution in [0.2, 0.25) is 0 Å². The molecule has 0 aromatic heterocycles. The summed E-state index contributed by atoms with van der Waals surface area (Å²) in [5.74, 6) is 1.30. The molecule has 5 heterocycles. The highest BCUT2D eigenvalue weighted by Gasteiger charge is 3.01. The summed E-state index contributed by atoms with van der Waals surface area (Å²) in [4.78, 5) is 37.6. The Morgan fingerprint density at radius 1 is 0.879 bits per heavy atom. The number of carbonyl (C=O) groups excluding carboxylic acids is 3. The molecule has 10 atom stereocenters. The lowest BCUT2D eigenvalue weighted by Crippen LogP contribution is -2.70. The van der Waals surface area contributed by atoms with Gasteiger partial charge in [0, 0.05) is 35.0 Å². The number of hydrogen-bond acceptors (Lipinski definition) is 16. The van der Waals surface area contributed by atoms with Crippen molar-refractivity contribution in [1.29, 1.82) is 0 Å². The number of amides is 1. The van der Waals surface area contributed by atoms with Crippen LogP contribution in [0.15, 0.2) is 11.1 Å². The first-order valence-corrected chi connectivity index (χ1v) is 23.8. The van der Waals surface area contributed by atoms with E-state index in [1.54, 1.807) is 0 Å². The van der Waals surface area contributed by atoms with Gasteiger partial charge in [-0.25, -0.2) is 9.59 Å². The summed E-state index contributed by atoms with van der Waals surface area (Å²) < 4.78 is 64.8. The highest BCUT2D eigenvalue weighted by atomic mass is 33.1. The molecule has 8 rings (SSSR count). The van der Waals surface area contributed by atoms with Crippen LogP contribution in [-0.2, 0) is 61.7 Å². The molecular weight excluding hydrogens is 795 g/mol. The molecule has 0 aromatic rings. The van der Waals surface area contributed by atoms with E-state index in [9.17, 15) is 14.4 Å². The van der Waals surface area contributed by atoms with Crippen molar-refractivity contribution in [2.75, 3.05) is 91.6 Å². The summed E-state index contributed by atoms with van der Waals surface area (Å²) in [6.07, 6.45) is 5.26. The lowest BCUT2D eigenvalue weighted by Gasteiger charge is -2.53. The number of carbonyl (C=O) groups is 3. The van der Waals surface area contributed by atoms with Gasteiger partial charge < -0.3 is 57.4 Å². The third-order valence-electron chi connectivity index (χ3n) is 13.7. The molecule has 3 aliphatic carbocycles. The molecule has 1 N–H and O–H groups in total. The first kappa shape index (κ1) is 43.0. The molecule has 2 spiro atoms. The van der Waals surface area contributed by atoms with Crippen LogP contribution in [0.4, 0.5) is 4.79 Å². The summed E-state index contributed by atoms with van der Waals surface area (Å²) in [6, 6.07) is 0. The summed E-state index contributed by atoms with van der Waals surface area (Å²) in [5.41, 5.74) is -0.621. The summed E-state index contributed by atoms with van der Waals surface area (Å²) in [5, 5.41) is 3.68. The smallest absolute Gasteiger partial charge is 0.458 e. The quantitative estimate of drug-likeness (QED) is 0.0599. The average Bonchev–Trinajstić information content (AvgIpc) is 4.15.